The standard InChI is InChI=1S/C8H14N2O3/c1-7(13)10-3-2-9(6-12)4-8(10)5-11/h6,8,11H,2-5H2,1H3. The highest BCUT2D eigenvalue weighted by Crippen LogP contribution is 2.07. The van der Waals surface area contributed by atoms with Crippen LogP contribution < -0.4 is 0 Å². The van der Waals surface area contributed by atoms with Gasteiger partial charge in [-0.25, -0.2) is 0 Å². The molecule has 0 radical (unpaired) electrons. The van der Waals surface area contributed by atoms with Gasteiger partial charge in [-0.15, -0.1) is 0 Å². The zero-order valence-electron chi connectivity index (χ0n) is 7.64. The predicted molar refractivity (Wildman–Crippen MR) is 45.9 cm³/mol. The quantitative estimate of drug-likeness (QED) is 0.543. The van der Waals surface area contributed by atoms with E-state index in [1.54, 1.807) is 9.80 Å². The lowest BCUT2D eigenvalue weighted by molar-refractivity contribution is -0.137. The number of hydrogen-bond acceptors (Lipinski definition) is 3. The van der Waals surface area contributed by atoms with Crippen molar-refractivity contribution in [1.29, 1.82) is 0 Å². The molecule has 0 aromatic rings. The van der Waals surface area contributed by atoms with Crippen molar-refractivity contribution in [3.05, 3.63) is 0 Å². The van der Waals surface area contributed by atoms with E-state index < -0.39 is 0 Å². The summed E-state index contributed by atoms with van der Waals surface area (Å²) in [4.78, 5) is 24.7. The van der Waals surface area contributed by atoms with Crippen molar-refractivity contribution in [1.82, 2.24) is 9.80 Å². The van der Waals surface area contributed by atoms with Crippen molar-refractivity contribution in [2.45, 2.75) is 13.0 Å². The Morgan fingerprint density at radius 3 is 2.77 bits per heavy atom. The third-order valence-corrected chi connectivity index (χ3v) is 2.28. The van der Waals surface area contributed by atoms with Crippen LogP contribution in [0.4, 0.5) is 0 Å². The fourth-order valence-corrected chi connectivity index (χ4v) is 1.55. The molecule has 1 aliphatic heterocycles. The van der Waals surface area contributed by atoms with Gasteiger partial charge < -0.3 is 14.9 Å². The molecule has 1 rings (SSSR count). The fraction of sp³-hybridized carbons (Fsp3) is 0.750. The molecular weight excluding hydrogens is 172 g/mol. The molecule has 0 spiro atoms. The Morgan fingerprint density at radius 1 is 1.62 bits per heavy atom. The number of hydrogen-bond donors (Lipinski definition) is 1. The number of aliphatic hydroxyl groups is 1. The molecule has 1 fully saturated rings. The molecule has 1 N–H and O–H groups in total. The Hall–Kier alpha value is -1.10. The van der Waals surface area contributed by atoms with Crippen molar-refractivity contribution in [3.8, 4) is 0 Å². The Morgan fingerprint density at radius 2 is 2.31 bits per heavy atom. The number of rotatable bonds is 2. The summed E-state index contributed by atoms with van der Waals surface area (Å²) in [5, 5.41) is 8.99. The smallest absolute Gasteiger partial charge is 0.219 e. The van der Waals surface area contributed by atoms with Crippen LogP contribution in [0.1, 0.15) is 6.92 Å². The first kappa shape index (κ1) is 9.98. The topological polar surface area (TPSA) is 60.9 Å². The van der Waals surface area contributed by atoms with Gasteiger partial charge in [-0.3, -0.25) is 9.59 Å². The van der Waals surface area contributed by atoms with Gasteiger partial charge in [0.1, 0.15) is 0 Å². The van der Waals surface area contributed by atoms with Gasteiger partial charge in [-0.1, -0.05) is 0 Å². The highest BCUT2D eigenvalue weighted by Gasteiger charge is 2.26. The molecule has 1 unspecified atom stereocenters. The van der Waals surface area contributed by atoms with E-state index in [1.165, 1.54) is 6.92 Å². The summed E-state index contributed by atoms with van der Waals surface area (Å²) in [6.45, 7) is 2.88. The maximum atomic E-state index is 11.1. The minimum atomic E-state index is -0.239. The van der Waals surface area contributed by atoms with Crippen LogP contribution in [0, 0.1) is 0 Å². The number of amides is 2. The van der Waals surface area contributed by atoms with Crippen LogP contribution in [-0.2, 0) is 9.59 Å². The summed E-state index contributed by atoms with van der Waals surface area (Å²) >= 11 is 0. The molecule has 5 nitrogen and oxygen atoms in total. The van der Waals surface area contributed by atoms with Crippen molar-refractivity contribution in [2.75, 3.05) is 26.2 Å². The normalized spacial score (nSPS) is 23.1. The average molecular weight is 186 g/mol. The maximum absolute atomic E-state index is 11.1. The lowest BCUT2D eigenvalue weighted by atomic mass is 10.2. The molecule has 13 heavy (non-hydrogen) atoms. The van der Waals surface area contributed by atoms with Crippen molar-refractivity contribution < 1.29 is 14.7 Å². The van der Waals surface area contributed by atoms with Crippen molar-refractivity contribution in [2.24, 2.45) is 0 Å². The van der Waals surface area contributed by atoms with E-state index in [2.05, 4.69) is 0 Å². The molecule has 2 amide bonds. The Labute approximate surface area is 76.9 Å². The summed E-state index contributed by atoms with van der Waals surface area (Å²) < 4.78 is 0. The summed E-state index contributed by atoms with van der Waals surface area (Å²) in [6, 6.07) is -0.239. The van der Waals surface area contributed by atoms with E-state index >= 15 is 0 Å². The van der Waals surface area contributed by atoms with E-state index in [1.807, 2.05) is 0 Å². The number of carbonyl (C=O) groups is 2. The first-order chi connectivity index (χ1) is 6.19. The molecule has 0 saturated carbocycles. The van der Waals surface area contributed by atoms with Crippen LogP contribution in [-0.4, -0.2) is 59.5 Å². The second-order valence-electron chi connectivity index (χ2n) is 3.15. The van der Waals surface area contributed by atoms with E-state index in [0.29, 0.717) is 19.6 Å². The SMILES string of the molecule is CC(=O)N1CCN(C=O)CC1CO. The highest BCUT2D eigenvalue weighted by atomic mass is 16.3. The lowest BCUT2D eigenvalue weighted by Gasteiger charge is -2.38. The Bertz CT molecular complexity index is 208. The molecular formula is C8H14N2O3. The van der Waals surface area contributed by atoms with Crippen LogP contribution in [0.2, 0.25) is 0 Å². The van der Waals surface area contributed by atoms with Gasteiger partial charge in [0.25, 0.3) is 0 Å². The largest absolute Gasteiger partial charge is 0.394 e. The van der Waals surface area contributed by atoms with Gasteiger partial charge in [-0.05, 0) is 0 Å². The van der Waals surface area contributed by atoms with Gasteiger partial charge in [0.05, 0.1) is 12.6 Å². The molecule has 74 valence electrons. The number of carbonyl (C=O) groups excluding carboxylic acids is 2. The monoisotopic (exact) mass is 186 g/mol. The predicted octanol–water partition coefficient (Wildman–Crippen LogP) is -1.33. The molecule has 0 aliphatic carbocycles. The first-order valence-corrected chi connectivity index (χ1v) is 4.26. The van der Waals surface area contributed by atoms with Gasteiger partial charge in [-0.2, -0.15) is 0 Å². The number of piperazine rings is 1. The molecule has 0 aromatic carbocycles. The second kappa shape index (κ2) is 4.23. The minimum Gasteiger partial charge on any atom is -0.394 e. The summed E-state index contributed by atoms with van der Waals surface area (Å²) in [6.07, 6.45) is 0.750. The maximum Gasteiger partial charge on any atom is 0.219 e. The van der Waals surface area contributed by atoms with Gasteiger partial charge >= 0.3 is 0 Å². The minimum absolute atomic E-state index is 0.0513. The summed E-state index contributed by atoms with van der Waals surface area (Å²) in [5.74, 6) is -0.0513. The van der Waals surface area contributed by atoms with E-state index in [9.17, 15) is 9.59 Å². The fourth-order valence-electron chi connectivity index (χ4n) is 1.55. The van der Waals surface area contributed by atoms with Gasteiger partial charge in [0.15, 0.2) is 0 Å². The highest BCUT2D eigenvalue weighted by molar-refractivity contribution is 5.74. The Balaban J connectivity index is 2.59. The zero-order chi connectivity index (χ0) is 9.84. The van der Waals surface area contributed by atoms with E-state index in [0.717, 1.165) is 6.41 Å². The third kappa shape index (κ3) is 2.18. The summed E-state index contributed by atoms with van der Waals surface area (Å²) in [7, 11) is 0. The average Bonchev–Trinajstić information content (AvgIpc) is 2.16. The number of nitrogens with zero attached hydrogens (tertiary/aromatic N) is 2. The molecule has 1 heterocycles. The second-order valence-corrected chi connectivity index (χ2v) is 3.15. The van der Waals surface area contributed by atoms with Crippen LogP contribution in [0.15, 0.2) is 0 Å². The summed E-state index contributed by atoms with van der Waals surface area (Å²) in [5.41, 5.74) is 0. The van der Waals surface area contributed by atoms with Crippen LogP contribution >= 0.6 is 0 Å². The Kier molecular flexibility index (Phi) is 3.25. The molecule has 1 atom stereocenters. The third-order valence-electron chi connectivity index (χ3n) is 2.28. The molecule has 0 bridgehead atoms. The van der Waals surface area contributed by atoms with Crippen LogP contribution in [0.5, 0.6) is 0 Å². The van der Waals surface area contributed by atoms with E-state index in [4.69, 9.17) is 5.11 Å². The molecule has 0 aromatic heterocycles. The van der Waals surface area contributed by atoms with Crippen molar-refractivity contribution in [3.63, 3.8) is 0 Å². The molecule has 1 aliphatic rings. The number of aliphatic hydroxyl groups excluding tert-OH is 1. The first-order valence-electron chi connectivity index (χ1n) is 4.26. The van der Waals surface area contributed by atoms with Crippen molar-refractivity contribution >= 4 is 12.3 Å². The van der Waals surface area contributed by atoms with E-state index in [-0.39, 0.29) is 18.6 Å². The van der Waals surface area contributed by atoms with Crippen LogP contribution in [0.25, 0.3) is 0 Å². The lowest BCUT2D eigenvalue weighted by Crippen LogP contribution is -2.55. The van der Waals surface area contributed by atoms with Crippen LogP contribution in [0.3, 0.4) is 0 Å². The van der Waals surface area contributed by atoms with Gasteiger partial charge in [0.2, 0.25) is 12.3 Å². The molecule has 1 saturated heterocycles. The molecule has 5 heteroatoms. The zero-order valence-corrected chi connectivity index (χ0v) is 7.64. The van der Waals surface area contributed by atoms with Gasteiger partial charge in [0, 0.05) is 26.6 Å².